The van der Waals surface area contributed by atoms with Gasteiger partial charge >= 0.3 is 0 Å². The highest BCUT2D eigenvalue weighted by atomic mass is 16.5. The van der Waals surface area contributed by atoms with Gasteiger partial charge in [0.2, 0.25) is 0 Å². The third kappa shape index (κ3) is 6.25. The predicted octanol–water partition coefficient (Wildman–Crippen LogP) is 3.66. The van der Waals surface area contributed by atoms with Gasteiger partial charge in [0.15, 0.2) is 0 Å². The molecule has 17 heavy (non-hydrogen) atoms. The van der Waals surface area contributed by atoms with Crippen LogP contribution in [-0.4, -0.2) is 20.3 Å². The Morgan fingerprint density at radius 1 is 1.06 bits per heavy atom. The van der Waals surface area contributed by atoms with Crippen molar-refractivity contribution < 1.29 is 9.47 Å². The van der Waals surface area contributed by atoms with Gasteiger partial charge in [0.05, 0.1) is 6.61 Å². The molecule has 0 aliphatic heterocycles. The summed E-state index contributed by atoms with van der Waals surface area (Å²) in [5, 5.41) is 0. The van der Waals surface area contributed by atoms with Crippen molar-refractivity contribution in [3.63, 3.8) is 0 Å². The second-order valence-electron chi connectivity index (χ2n) is 4.05. The van der Waals surface area contributed by atoms with E-state index in [2.05, 4.69) is 30.8 Å². The van der Waals surface area contributed by atoms with Crippen LogP contribution in [0.4, 0.5) is 0 Å². The number of hydrogen-bond donors (Lipinski definition) is 0. The monoisotopic (exact) mass is 234 g/mol. The summed E-state index contributed by atoms with van der Waals surface area (Å²) in [5.41, 5.74) is 2.36. The summed E-state index contributed by atoms with van der Waals surface area (Å²) in [6.07, 6.45) is 5.24. The zero-order chi connectivity index (χ0) is 12.3. The van der Waals surface area contributed by atoms with Crippen molar-refractivity contribution in [3.8, 4) is 0 Å². The quantitative estimate of drug-likeness (QED) is 0.607. The normalized spacial score (nSPS) is 10.4. The molecule has 0 heterocycles. The van der Waals surface area contributed by atoms with Gasteiger partial charge in [0, 0.05) is 20.3 Å². The second kappa shape index (κ2) is 8.97. The first-order valence-electron chi connectivity index (χ1n) is 6.15. The lowest BCUT2D eigenvalue weighted by Crippen LogP contribution is -1.97. The van der Waals surface area contributed by atoms with E-state index < -0.39 is 0 Å². The molecule has 1 aromatic carbocycles. The minimum absolute atomic E-state index is 0.696. The van der Waals surface area contributed by atoms with E-state index in [-0.39, 0.29) is 0 Å². The first-order valence-corrected chi connectivity index (χ1v) is 6.15. The highest BCUT2D eigenvalue weighted by molar-refractivity contribution is 5.47. The summed E-state index contributed by atoms with van der Waals surface area (Å²) >= 11 is 0. The maximum atomic E-state index is 5.61. The Kier molecular flexibility index (Phi) is 7.35. The standard InChI is InChI=1S/C15H22O2/c1-3-14-7-9-15(10-8-14)13-17-12-6-4-5-11-16-2/h3,7-10H,1,4-6,11-13H2,2H3. The molecule has 0 atom stereocenters. The van der Waals surface area contributed by atoms with Crippen molar-refractivity contribution in [2.24, 2.45) is 0 Å². The van der Waals surface area contributed by atoms with E-state index in [0.717, 1.165) is 31.6 Å². The molecule has 0 aliphatic rings. The fourth-order valence-corrected chi connectivity index (χ4v) is 1.57. The van der Waals surface area contributed by atoms with Gasteiger partial charge in [0.25, 0.3) is 0 Å². The van der Waals surface area contributed by atoms with Crippen LogP contribution in [0.5, 0.6) is 0 Å². The zero-order valence-electron chi connectivity index (χ0n) is 10.7. The van der Waals surface area contributed by atoms with E-state index in [1.165, 1.54) is 12.0 Å². The van der Waals surface area contributed by atoms with Gasteiger partial charge in [-0.3, -0.25) is 0 Å². The van der Waals surface area contributed by atoms with Gasteiger partial charge in [-0.1, -0.05) is 36.9 Å². The summed E-state index contributed by atoms with van der Waals surface area (Å²) < 4.78 is 10.6. The molecule has 0 aliphatic carbocycles. The molecule has 0 unspecified atom stereocenters. The van der Waals surface area contributed by atoms with E-state index in [9.17, 15) is 0 Å². The molecule has 0 aromatic heterocycles. The summed E-state index contributed by atoms with van der Waals surface area (Å²) in [4.78, 5) is 0. The number of hydrogen-bond acceptors (Lipinski definition) is 2. The van der Waals surface area contributed by atoms with Crippen LogP contribution in [0.15, 0.2) is 30.8 Å². The highest BCUT2D eigenvalue weighted by Crippen LogP contribution is 2.07. The number of methoxy groups -OCH3 is 1. The molecule has 2 heteroatoms. The molecule has 94 valence electrons. The summed E-state index contributed by atoms with van der Waals surface area (Å²) in [5.74, 6) is 0. The third-order valence-corrected chi connectivity index (χ3v) is 2.62. The molecule has 0 saturated heterocycles. The maximum Gasteiger partial charge on any atom is 0.0716 e. The lowest BCUT2D eigenvalue weighted by Gasteiger charge is -2.05. The van der Waals surface area contributed by atoms with Crippen LogP contribution in [0.25, 0.3) is 6.08 Å². The number of unbranched alkanes of at least 4 members (excludes halogenated alkanes) is 2. The SMILES string of the molecule is C=Cc1ccc(COCCCCCOC)cc1. The predicted molar refractivity (Wildman–Crippen MR) is 71.9 cm³/mol. The van der Waals surface area contributed by atoms with E-state index in [4.69, 9.17) is 9.47 Å². The van der Waals surface area contributed by atoms with E-state index in [0.29, 0.717) is 6.61 Å². The Morgan fingerprint density at radius 2 is 1.76 bits per heavy atom. The van der Waals surface area contributed by atoms with Gasteiger partial charge in [-0.2, -0.15) is 0 Å². The van der Waals surface area contributed by atoms with Gasteiger partial charge in [-0.15, -0.1) is 0 Å². The van der Waals surface area contributed by atoms with Crippen LogP contribution in [0, 0.1) is 0 Å². The number of rotatable bonds is 9. The van der Waals surface area contributed by atoms with Crippen LogP contribution in [0.1, 0.15) is 30.4 Å². The van der Waals surface area contributed by atoms with Crippen molar-refractivity contribution in [1.29, 1.82) is 0 Å². The van der Waals surface area contributed by atoms with Crippen molar-refractivity contribution in [3.05, 3.63) is 42.0 Å². The fourth-order valence-electron chi connectivity index (χ4n) is 1.57. The van der Waals surface area contributed by atoms with E-state index in [1.807, 2.05) is 6.08 Å². The molecule has 1 rings (SSSR count). The Bertz CT molecular complexity index is 303. The summed E-state index contributed by atoms with van der Waals surface area (Å²) in [6.45, 7) is 6.10. The average molecular weight is 234 g/mol. The Morgan fingerprint density at radius 3 is 2.41 bits per heavy atom. The molecule has 2 nitrogen and oxygen atoms in total. The van der Waals surface area contributed by atoms with Crippen molar-refractivity contribution in [2.75, 3.05) is 20.3 Å². The molecule has 0 bridgehead atoms. The molecular formula is C15H22O2. The number of benzene rings is 1. The van der Waals surface area contributed by atoms with Crippen LogP contribution >= 0.6 is 0 Å². The molecule has 1 aromatic rings. The minimum Gasteiger partial charge on any atom is -0.385 e. The van der Waals surface area contributed by atoms with Crippen molar-refractivity contribution >= 4 is 6.08 Å². The lowest BCUT2D eigenvalue weighted by molar-refractivity contribution is 0.114. The Hall–Kier alpha value is -1.12. The van der Waals surface area contributed by atoms with Crippen LogP contribution in [-0.2, 0) is 16.1 Å². The van der Waals surface area contributed by atoms with Crippen molar-refractivity contribution in [2.45, 2.75) is 25.9 Å². The third-order valence-electron chi connectivity index (χ3n) is 2.62. The summed E-state index contributed by atoms with van der Waals surface area (Å²) in [7, 11) is 1.74. The molecule has 0 saturated carbocycles. The molecule has 0 N–H and O–H groups in total. The van der Waals surface area contributed by atoms with E-state index >= 15 is 0 Å². The van der Waals surface area contributed by atoms with Crippen LogP contribution < -0.4 is 0 Å². The fraction of sp³-hybridized carbons (Fsp3) is 0.467. The molecule has 0 fully saturated rings. The first-order chi connectivity index (χ1) is 8.36. The lowest BCUT2D eigenvalue weighted by atomic mass is 10.1. The smallest absolute Gasteiger partial charge is 0.0716 e. The van der Waals surface area contributed by atoms with Crippen LogP contribution in [0.2, 0.25) is 0 Å². The van der Waals surface area contributed by atoms with Gasteiger partial charge in [-0.25, -0.2) is 0 Å². The minimum atomic E-state index is 0.696. The topological polar surface area (TPSA) is 18.5 Å². The van der Waals surface area contributed by atoms with Gasteiger partial charge in [0.1, 0.15) is 0 Å². The first kappa shape index (κ1) is 13.9. The van der Waals surface area contributed by atoms with Crippen LogP contribution in [0.3, 0.4) is 0 Å². The Labute approximate surface area is 104 Å². The van der Waals surface area contributed by atoms with Crippen molar-refractivity contribution in [1.82, 2.24) is 0 Å². The van der Waals surface area contributed by atoms with Gasteiger partial charge < -0.3 is 9.47 Å². The molecule has 0 amide bonds. The molecule has 0 radical (unpaired) electrons. The second-order valence-corrected chi connectivity index (χ2v) is 4.05. The average Bonchev–Trinajstić information content (AvgIpc) is 2.38. The molecular weight excluding hydrogens is 212 g/mol. The number of ether oxygens (including phenoxy) is 2. The highest BCUT2D eigenvalue weighted by Gasteiger charge is 1.94. The molecule has 0 spiro atoms. The maximum absolute atomic E-state index is 5.61. The van der Waals surface area contributed by atoms with Gasteiger partial charge in [-0.05, 0) is 30.4 Å². The Balaban J connectivity index is 2.07. The zero-order valence-corrected chi connectivity index (χ0v) is 10.7. The van der Waals surface area contributed by atoms with E-state index in [1.54, 1.807) is 7.11 Å². The largest absolute Gasteiger partial charge is 0.385 e. The summed E-state index contributed by atoms with van der Waals surface area (Å²) in [6, 6.07) is 8.29.